The van der Waals surface area contributed by atoms with E-state index in [2.05, 4.69) is 10.6 Å². The van der Waals surface area contributed by atoms with Gasteiger partial charge < -0.3 is 15.7 Å². The molecule has 1 amide bonds. The second kappa shape index (κ2) is 7.95. The zero-order valence-corrected chi connectivity index (χ0v) is 12.9. The number of anilines is 2. The van der Waals surface area contributed by atoms with E-state index in [-0.39, 0.29) is 16.8 Å². The van der Waals surface area contributed by atoms with E-state index in [1.165, 1.54) is 30.5 Å². The van der Waals surface area contributed by atoms with Gasteiger partial charge in [-0.1, -0.05) is 18.2 Å². The fourth-order valence-corrected chi connectivity index (χ4v) is 1.93. The van der Waals surface area contributed by atoms with Crippen LogP contribution in [-0.2, 0) is 4.79 Å². The second-order valence-electron chi connectivity index (χ2n) is 4.81. The maximum atomic E-state index is 12.1. The molecule has 0 atom stereocenters. The summed E-state index contributed by atoms with van der Waals surface area (Å²) in [5.74, 6) is -1.83. The average molecular weight is 332 g/mol. The number of rotatable bonds is 5. The van der Waals surface area contributed by atoms with E-state index in [1.54, 1.807) is 30.3 Å². The normalized spacial score (nSPS) is 10.2. The molecule has 2 aromatic carbocycles. The molecule has 2 aromatic rings. The lowest BCUT2D eigenvalue weighted by molar-refractivity contribution is -0.112. The van der Waals surface area contributed by atoms with E-state index in [1.807, 2.05) is 6.07 Å². The van der Waals surface area contributed by atoms with E-state index in [4.69, 9.17) is 15.6 Å². The van der Waals surface area contributed by atoms with Crippen molar-refractivity contribution in [2.45, 2.75) is 0 Å². The van der Waals surface area contributed by atoms with Gasteiger partial charge >= 0.3 is 5.97 Å². The van der Waals surface area contributed by atoms with Crippen molar-refractivity contribution in [3.63, 3.8) is 0 Å². The van der Waals surface area contributed by atoms with E-state index in [9.17, 15) is 9.59 Å². The van der Waals surface area contributed by atoms with Crippen LogP contribution >= 0.6 is 0 Å². The highest BCUT2D eigenvalue weighted by molar-refractivity contribution is 6.07. The van der Waals surface area contributed by atoms with Crippen molar-refractivity contribution in [3.8, 4) is 12.1 Å². The molecule has 25 heavy (non-hydrogen) atoms. The Hall–Kier alpha value is -4.10. The first-order valence-corrected chi connectivity index (χ1v) is 7.06. The third-order valence-corrected chi connectivity index (χ3v) is 3.15. The van der Waals surface area contributed by atoms with Crippen LogP contribution in [0.1, 0.15) is 15.9 Å². The number of nitrogens with one attached hydrogen (secondary N) is 2. The van der Waals surface area contributed by atoms with Gasteiger partial charge in [-0.05, 0) is 30.3 Å². The van der Waals surface area contributed by atoms with Crippen molar-refractivity contribution in [3.05, 3.63) is 71.4 Å². The summed E-state index contributed by atoms with van der Waals surface area (Å²) >= 11 is 0. The lowest BCUT2D eigenvalue weighted by Crippen LogP contribution is -2.15. The molecule has 0 spiro atoms. The minimum absolute atomic E-state index is 0.0151. The van der Waals surface area contributed by atoms with Gasteiger partial charge in [0, 0.05) is 11.9 Å². The van der Waals surface area contributed by atoms with E-state index in [0.717, 1.165) is 0 Å². The Labute approximate surface area is 143 Å². The number of aromatic carboxylic acids is 1. The lowest BCUT2D eigenvalue weighted by Gasteiger charge is -2.06. The van der Waals surface area contributed by atoms with Crippen LogP contribution in [0.25, 0.3) is 0 Å². The molecular weight excluding hydrogens is 320 g/mol. The van der Waals surface area contributed by atoms with E-state index in [0.29, 0.717) is 11.3 Å². The quantitative estimate of drug-likeness (QED) is 0.571. The van der Waals surface area contributed by atoms with Gasteiger partial charge in [0.25, 0.3) is 5.91 Å². The Morgan fingerprint density at radius 2 is 1.84 bits per heavy atom. The number of carbonyl (C=O) groups excluding carboxylic acids is 1. The van der Waals surface area contributed by atoms with Crippen molar-refractivity contribution in [2.24, 2.45) is 0 Å². The molecule has 122 valence electrons. The van der Waals surface area contributed by atoms with Gasteiger partial charge in [0.2, 0.25) is 0 Å². The molecule has 2 rings (SSSR count). The number of nitrogens with zero attached hydrogens (tertiary/aromatic N) is 2. The number of carboxylic acids is 1. The summed E-state index contributed by atoms with van der Waals surface area (Å²) in [6.45, 7) is 0. The van der Waals surface area contributed by atoms with E-state index < -0.39 is 11.9 Å². The zero-order chi connectivity index (χ0) is 18.2. The third-order valence-electron chi connectivity index (χ3n) is 3.15. The number of hydrogen-bond donors (Lipinski definition) is 3. The Bertz CT molecular complexity index is 936. The molecule has 0 saturated carbocycles. The van der Waals surface area contributed by atoms with Gasteiger partial charge in [-0.2, -0.15) is 10.5 Å². The van der Waals surface area contributed by atoms with E-state index >= 15 is 0 Å². The Balaban J connectivity index is 2.16. The third kappa shape index (κ3) is 4.44. The van der Waals surface area contributed by atoms with Gasteiger partial charge in [0.05, 0.1) is 16.8 Å². The summed E-state index contributed by atoms with van der Waals surface area (Å²) in [6, 6.07) is 16.1. The lowest BCUT2D eigenvalue weighted by atomic mass is 10.2. The van der Waals surface area contributed by atoms with Gasteiger partial charge in [0.1, 0.15) is 17.7 Å². The van der Waals surface area contributed by atoms with Crippen LogP contribution in [0.5, 0.6) is 0 Å². The van der Waals surface area contributed by atoms with Gasteiger partial charge in [-0.15, -0.1) is 0 Å². The molecule has 0 unspecified atom stereocenters. The Morgan fingerprint density at radius 1 is 1.08 bits per heavy atom. The molecule has 0 radical (unpaired) electrons. The van der Waals surface area contributed by atoms with Crippen LogP contribution in [0, 0.1) is 22.7 Å². The van der Waals surface area contributed by atoms with Crippen LogP contribution in [0.2, 0.25) is 0 Å². The molecule has 0 fully saturated rings. The zero-order valence-electron chi connectivity index (χ0n) is 12.9. The van der Waals surface area contributed by atoms with Crippen LogP contribution in [0.3, 0.4) is 0 Å². The molecule has 0 aliphatic heterocycles. The fraction of sp³-hybridized carbons (Fsp3) is 0. The number of benzene rings is 2. The summed E-state index contributed by atoms with van der Waals surface area (Å²) < 4.78 is 0. The molecule has 3 N–H and O–H groups in total. The number of carboxylic acid groups (broad SMARTS) is 1. The van der Waals surface area contributed by atoms with Crippen molar-refractivity contribution in [1.82, 2.24) is 0 Å². The number of nitriles is 2. The SMILES string of the molecule is N#C/C(=C/Nc1ccccc1C#N)C(=O)Nc1cccc(C(=O)O)c1. The van der Waals surface area contributed by atoms with Crippen LogP contribution < -0.4 is 10.6 Å². The van der Waals surface area contributed by atoms with Crippen molar-refractivity contribution < 1.29 is 14.7 Å². The smallest absolute Gasteiger partial charge is 0.335 e. The average Bonchev–Trinajstić information content (AvgIpc) is 2.62. The molecule has 7 nitrogen and oxygen atoms in total. The monoisotopic (exact) mass is 332 g/mol. The summed E-state index contributed by atoms with van der Waals surface area (Å²) in [7, 11) is 0. The predicted octanol–water partition coefficient (Wildman–Crippen LogP) is 2.71. The van der Waals surface area contributed by atoms with Crippen molar-refractivity contribution in [1.29, 1.82) is 10.5 Å². The van der Waals surface area contributed by atoms with Gasteiger partial charge in [0.15, 0.2) is 0 Å². The second-order valence-corrected chi connectivity index (χ2v) is 4.81. The molecule has 7 heteroatoms. The predicted molar refractivity (Wildman–Crippen MR) is 90.5 cm³/mol. The Morgan fingerprint density at radius 3 is 2.52 bits per heavy atom. The highest BCUT2D eigenvalue weighted by Gasteiger charge is 2.11. The number of para-hydroxylation sites is 1. The molecule has 0 aromatic heterocycles. The first-order valence-electron chi connectivity index (χ1n) is 7.06. The molecule has 0 bridgehead atoms. The summed E-state index contributed by atoms with van der Waals surface area (Å²) in [4.78, 5) is 23.1. The summed E-state index contributed by atoms with van der Waals surface area (Å²) in [5.41, 5.74) is 0.863. The highest BCUT2D eigenvalue weighted by atomic mass is 16.4. The Kier molecular flexibility index (Phi) is 5.49. The van der Waals surface area contributed by atoms with Crippen LogP contribution in [0.4, 0.5) is 11.4 Å². The number of amides is 1. The van der Waals surface area contributed by atoms with Crippen LogP contribution in [0.15, 0.2) is 60.3 Å². The van der Waals surface area contributed by atoms with Gasteiger partial charge in [-0.25, -0.2) is 4.79 Å². The maximum absolute atomic E-state index is 12.1. The largest absolute Gasteiger partial charge is 0.478 e. The number of carbonyl (C=O) groups is 2. The van der Waals surface area contributed by atoms with Crippen molar-refractivity contribution >= 4 is 23.3 Å². The fourth-order valence-electron chi connectivity index (χ4n) is 1.93. The van der Waals surface area contributed by atoms with Crippen molar-refractivity contribution in [2.75, 3.05) is 10.6 Å². The summed E-state index contributed by atoms with van der Waals surface area (Å²) in [5, 5.41) is 32.3. The molecular formula is C18H12N4O3. The topological polar surface area (TPSA) is 126 Å². The number of hydrogen-bond acceptors (Lipinski definition) is 5. The first kappa shape index (κ1) is 17.3. The van der Waals surface area contributed by atoms with Gasteiger partial charge in [-0.3, -0.25) is 4.79 Å². The molecule has 0 saturated heterocycles. The molecule has 0 aliphatic carbocycles. The molecule has 0 aliphatic rings. The molecule has 0 heterocycles. The minimum atomic E-state index is -1.12. The first-order chi connectivity index (χ1) is 12.0. The maximum Gasteiger partial charge on any atom is 0.335 e. The van der Waals surface area contributed by atoms with Crippen LogP contribution in [-0.4, -0.2) is 17.0 Å². The minimum Gasteiger partial charge on any atom is -0.478 e. The highest BCUT2D eigenvalue weighted by Crippen LogP contribution is 2.15. The summed E-state index contributed by atoms with van der Waals surface area (Å²) in [6.07, 6.45) is 1.19. The standard InChI is InChI=1S/C18H12N4O3/c19-9-13-4-1-2-7-16(13)21-11-14(10-20)17(23)22-15-6-3-5-12(8-15)18(24)25/h1-8,11,21H,(H,22,23)(H,24,25)/b14-11-.